The molecule has 7 nitrogen and oxygen atoms in total. The minimum absolute atomic E-state index is 0.0238. The minimum Gasteiger partial charge on any atom is -0.394 e. The lowest BCUT2D eigenvalue weighted by Crippen LogP contribution is -2.43. The molecule has 3 rings (SSSR count). The lowest BCUT2D eigenvalue weighted by Gasteiger charge is -2.33. The number of carbonyl (C=O) groups is 1. The quantitative estimate of drug-likeness (QED) is 0.804. The molecule has 0 unspecified atom stereocenters. The van der Waals surface area contributed by atoms with E-state index in [0.29, 0.717) is 6.54 Å². The van der Waals surface area contributed by atoms with E-state index in [2.05, 4.69) is 32.0 Å². The molecule has 1 aromatic heterocycles. The summed E-state index contributed by atoms with van der Waals surface area (Å²) in [6.07, 6.45) is 6.56. The van der Waals surface area contributed by atoms with Crippen LogP contribution in [0.1, 0.15) is 39.0 Å². The first kappa shape index (κ1) is 17.9. The predicted octanol–water partition coefficient (Wildman–Crippen LogP) is 1.18. The van der Waals surface area contributed by atoms with E-state index in [9.17, 15) is 9.90 Å². The Hall–Kier alpha value is -1.89. The second kappa shape index (κ2) is 8.47. The van der Waals surface area contributed by atoms with Crippen molar-refractivity contribution in [2.75, 3.05) is 42.6 Å². The molecule has 2 aliphatic rings. The van der Waals surface area contributed by atoms with Crippen LogP contribution in [-0.4, -0.2) is 59.8 Å². The van der Waals surface area contributed by atoms with E-state index in [-0.39, 0.29) is 24.5 Å². The van der Waals surface area contributed by atoms with Gasteiger partial charge in [0.1, 0.15) is 18.0 Å². The fourth-order valence-corrected chi connectivity index (χ4v) is 3.79. The number of hydrogen-bond donors (Lipinski definition) is 2. The van der Waals surface area contributed by atoms with Crippen molar-refractivity contribution in [2.24, 2.45) is 5.92 Å². The first-order valence-corrected chi connectivity index (χ1v) is 9.45. The number of anilines is 2. The monoisotopic (exact) mass is 347 g/mol. The van der Waals surface area contributed by atoms with Crippen molar-refractivity contribution in [3.8, 4) is 0 Å². The average Bonchev–Trinajstić information content (AvgIpc) is 3.15. The zero-order chi connectivity index (χ0) is 17.6. The summed E-state index contributed by atoms with van der Waals surface area (Å²) in [6, 6.07) is 2.15. The van der Waals surface area contributed by atoms with Crippen LogP contribution in [0.15, 0.2) is 12.4 Å². The lowest BCUT2D eigenvalue weighted by atomic mass is 9.97. The fourth-order valence-electron chi connectivity index (χ4n) is 3.79. The first-order valence-electron chi connectivity index (χ1n) is 9.45. The normalized spacial score (nSPS) is 23.8. The van der Waals surface area contributed by atoms with Gasteiger partial charge in [-0.25, -0.2) is 9.97 Å². The molecule has 0 saturated carbocycles. The van der Waals surface area contributed by atoms with Gasteiger partial charge < -0.3 is 20.2 Å². The summed E-state index contributed by atoms with van der Waals surface area (Å²) < 4.78 is 0. The molecule has 0 radical (unpaired) electrons. The van der Waals surface area contributed by atoms with E-state index >= 15 is 0 Å². The summed E-state index contributed by atoms with van der Waals surface area (Å²) in [5.74, 6) is 1.93. The molecule has 2 N–H and O–H groups in total. The summed E-state index contributed by atoms with van der Waals surface area (Å²) >= 11 is 0. The van der Waals surface area contributed by atoms with Gasteiger partial charge >= 0.3 is 0 Å². The molecule has 25 heavy (non-hydrogen) atoms. The fraction of sp³-hybridized carbons (Fsp3) is 0.722. The Morgan fingerprint density at radius 3 is 2.88 bits per heavy atom. The molecule has 0 aromatic carbocycles. The molecule has 1 amide bonds. The number of piperidine rings is 1. The van der Waals surface area contributed by atoms with Gasteiger partial charge in [-0.3, -0.25) is 4.79 Å². The van der Waals surface area contributed by atoms with Crippen molar-refractivity contribution in [3.05, 3.63) is 12.4 Å². The van der Waals surface area contributed by atoms with E-state index in [0.717, 1.165) is 63.4 Å². The van der Waals surface area contributed by atoms with E-state index in [4.69, 9.17) is 0 Å². The van der Waals surface area contributed by atoms with Gasteiger partial charge in [-0.05, 0) is 32.1 Å². The van der Waals surface area contributed by atoms with Crippen LogP contribution in [0.2, 0.25) is 0 Å². The maximum absolute atomic E-state index is 12.3. The zero-order valence-electron chi connectivity index (χ0n) is 15.0. The molecule has 1 aromatic rings. The number of aromatic nitrogens is 2. The third kappa shape index (κ3) is 4.21. The molecule has 2 fully saturated rings. The molecule has 7 heteroatoms. The Balaban J connectivity index is 1.69. The molecular weight excluding hydrogens is 318 g/mol. The van der Waals surface area contributed by atoms with Gasteiger partial charge in [-0.15, -0.1) is 0 Å². The van der Waals surface area contributed by atoms with Crippen LogP contribution in [-0.2, 0) is 4.79 Å². The summed E-state index contributed by atoms with van der Waals surface area (Å²) in [7, 11) is 0. The molecule has 0 bridgehead atoms. The Kier molecular flexibility index (Phi) is 6.07. The van der Waals surface area contributed by atoms with Gasteiger partial charge in [-0.1, -0.05) is 6.92 Å². The van der Waals surface area contributed by atoms with Crippen molar-refractivity contribution < 1.29 is 9.90 Å². The van der Waals surface area contributed by atoms with E-state index in [1.165, 1.54) is 0 Å². The minimum atomic E-state index is 0.0238. The standard InChI is InChI=1S/C18H29N5O2/c1-2-7-19-18(25)14-5-3-8-22(11-14)16-10-17(21-13-20-16)23-9-4-6-15(23)12-24/h10,13-15,24H,2-9,11-12H2,1H3,(H,19,25)/t14-,15-/m0/s1. The summed E-state index contributed by atoms with van der Waals surface area (Å²) in [4.78, 5) is 25.5. The van der Waals surface area contributed by atoms with Gasteiger partial charge in [0.15, 0.2) is 0 Å². The van der Waals surface area contributed by atoms with Gasteiger partial charge in [0.2, 0.25) is 5.91 Å². The number of nitrogens with zero attached hydrogens (tertiary/aromatic N) is 4. The second-order valence-corrected chi connectivity index (χ2v) is 6.98. The Bertz CT molecular complexity index is 582. The van der Waals surface area contributed by atoms with Crippen LogP contribution < -0.4 is 15.1 Å². The number of carbonyl (C=O) groups excluding carboxylic acids is 1. The SMILES string of the molecule is CCCNC(=O)[C@H]1CCCN(c2cc(N3CCC[C@H]3CO)ncn2)C1. The van der Waals surface area contributed by atoms with Crippen LogP contribution in [0.3, 0.4) is 0 Å². The van der Waals surface area contributed by atoms with Gasteiger partial charge in [0.05, 0.1) is 18.6 Å². The summed E-state index contributed by atoms with van der Waals surface area (Å²) in [6.45, 7) is 5.50. The van der Waals surface area contributed by atoms with E-state index < -0.39 is 0 Å². The number of aliphatic hydroxyl groups is 1. The van der Waals surface area contributed by atoms with Crippen LogP contribution in [0, 0.1) is 5.92 Å². The molecular formula is C18H29N5O2. The number of hydrogen-bond acceptors (Lipinski definition) is 6. The van der Waals surface area contributed by atoms with Gasteiger partial charge in [0.25, 0.3) is 0 Å². The highest BCUT2D eigenvalue weighted by Crippen LogP contribution is 2.27. The Morgan fingerprint density at radius 2 is 2.08 bits per heavy atom. The molecule has 138 valence electrons. The topological polar surface area (TPSA) is 81.6 Å². The summed E-state index contributed by atoms with van der Waals surface area (Å²) in [5, 5.41) is 12.6. The second-order valence-electron chi connectivity index (χ2n) is 6.98. The van der Waals surface area contributed by atoms with Crippen molar-refractivity contribution in [2.45, 2.75) is 45.1 Å². The van der Waals surface area contributed by atoms with Gasteiger partial charge in [-0.2, -0.15) is 0 Å². The van der Waals surface area contributed by atoms with Crippen LogP contribution in [0.25, 0.3) is 0 Å². The van der Waals surface area contributed by atoms with E-state index in [1.807, 2.05) is 6.07 Å². The molecule has 0 aliphatic carbocycles. The number of nitrogens with one attached hydrogen (secondary N) is 1. The highest BCUT2D eigenvalue weighted by Gasteiger charge is 2.28. The van der Waals surface area contributed by atoms with E-state index in [1.54, 1.807) is 6.33 Å². The van der Waals surface area contributed by atoms with Crippen LogP contribution >= 0.6 is 0 Å². The highest BCUT2D eigenvalue weighted by molar-refractivity contribution is 5.79. The Labute approximate surface area is 149 Å². The smallest absolute Gasteiger partial charge is 0.224 e. The Morgan fingerprint density at radius 1 is 1.28 bits per heavy atom. The number of aliphatic hydroxyl groups excluding tert-OH is 1. The van der Waals surface area contributed by atoms with Crippen molar-refractivity contribution >= 4 is 17.5 Å². The molecule has 2 aliphatic heterocycles. The summed E-state index contributed by atoms with van der Waals surface area (Å²) in [5.41, 5.74) is 0. The van der Waals surface area contributed by atoms with Crippen LogP contribution in [0.5, 0.6) is 0 Å². The van der Waals surface area contributed by atoms with Crippen molar-refractivity contribution in [1.82, 2.24) is 15.3 Å². The largest absolute Gasteiger partial charge is 0.394 e. The molecule has 0 spiro atoms. The maximum Gasteiger partial charge on any atom is 0.224 e. The van der Waals surface area contributed by atoms with Crippen LogP contribution in [0.4, 0.5) is 11.6 Å². The van der Waals surface area contributed by atoms with Crippen molar-refractivity contribution in [3.63, 3.8) is 0 Å². The zero-order valence-corrected chi connectivity index (χ0v) is 15.0. The third-order valence-corrected chi connectivity index (χ3v) is 5.19. The predicted molar refractivity (Wildman–Crippen MR) is 97.7 cm³/mol. The van der Waals surface area contributed by atoms with Crippen molar-refractivity contribution in [1.29, 1.82) is 0 Å². The maximum atomic E-state index is 12.3. The molecule has 2 atom stereocenters. The first-order chi connectivity index (χ1) is 12.2. The highest BCUT2D eigenvalue weighted by atomic mass is 16.3. The average molecular weight is 347 g/mol. The molecule has 2 saturated heterocycles. The molecule has 3 heterocycles. The van der Waals surface area contributed by atoms with Gasteiger partial charge in [0, 0.05) is 32.2 Å². The third-order valence-electron chi connectivity index (χ3n) is 5.19. The lowest BCUT2D eigenvalue weighted by molar-refractivity contribution is -0.125. The number of amides is 1. The number of rotatable bonds is 6.